The van der Waals surface area contributed by atoms with E-state index in [0.29, 0.717) is 12.8 Å². The molecule has 0 heterocycles. The molecule has 0 aliphatic heterocycles. The summed E-state index contributed by atoms with van der Waals surface area (Å²) in [5.74, 6) is -0.293. The van der Waals surface area contributed by atoms with E-state index < -0.39 is 5.54 Å². The highest BCUT2D eigenvalue weighted by Crippen LogP contribution is 2.22. The molecule has 3 nitrogen and oxygen atoms in total. The predicted molar refractivity (Wildman–Crippen MR) is 67.3 cm³/mol. The van der Waals surface area contributed by atoms with Crippen molar-refractivity contribution in [1.82, 2.24) is 0 Å². The highest BCUT2D eigenvalue weighted by atomic mass is 16.1. The molecule has 16 heavy (non-hydrogen) atoms. The van der Waals surface area contributed by atoms with Crippen LogP contribution in [0, 0.1) is 6.92 Å². The van der Waals surface area contributed by atoms with Gasteiger partial charge in [-0.1, -0.05) is 26.0 Å². The maximum absolute atomic E-state index is 11.5. The number of benzene rings is 1. The summed E-state index contributed by atoms with van der Waals surface area (Å²) in [6.45, 7) is 5.96. The molecule has 1 amide bonds. The number of anilines is 1. The maximum atomic E-state index is 11.5. The van der Waals surface area contributed by atoms with E-state index in [2.05, 4.69) is 5.32 Å². The van der Waals surface area contributed by atoms with E-state index in [1.807, 2.05) is 45.0 Å². The number of primary amides is 1. The number of rotatable bonds is 5. The molecule has 0 spiro atoms. The summed E-state index contributed by atoms with van der Waals surface area (Å²) in [6.07, 6.45) is 1.37. The number of aryl methyl sites for hydroxylation is 1. The molecular formula is C13H20N2O. The van der Waals surface area contributed by atoms with Crippen LogP contribution in [0.5, 0.6) is 0 Å². The van der Waals surface area contributed by atoms with Gasteiger partial charge in [0.05, 0.1) is 0 Å². The lowest BCUT2D eigenvalue weighted by molar-refractivity contribution is -0.122. The van der Waals surface area contributed by atoms with Crippen LogP contribution in [-0.4, -0.2) is 11.4 Å². The van der Waals surface area contributed by atoms with Crippen molar-refractivity contribution in [3.63, 3.8) is 0 Å². The van der Waals surface area contributed by atoms with Crippen LogP contribution in [0.25, 0.3) is 0 Å². The Hall–Kier alpha value is -1.51. The second-order valence-electron chi connectivity index (χ2n) is 4.15. The highest BCUT2D eigenvalue weighted by Gasteiger charge is 2.32. The van der Waals surface area contributed by atoms with E-state index in [1.54, 1.807) is 0 Å². The van der Waals surface area contributed by atoms with Crippen molar-refractivity contribution in [2.45, 2.75) is 39.2 Å². The van der Waals surface area contributed by atoms with E-state index in [-0.39, 0.29) is 5.91 Å². The van der Waals surface area contributed by atoms with Gasteiger partial charge in [-0.25, -0.2) is 0 Å². The van der Waals surface area contributed by atoms with E-state index in [4.69, 9.17) is 5.73 Å². The second-order valence-corrected chi connectivity index (χ2v) is 4.15. The van der Waals surface area contributed by atoms with Gasteiger partial charge in [-0.15, -0.1) is 0 Å². The predicted octanol–water partition coefficient (Wildman–Crippen LogP) is 2.45. The number of carbonyl (C=O) groups is 1. The van der Waals surface area contributed by atoms with E-state index in [0.717, 1.165) is 11.3 Å². The highest BCUT2D eigenvalue weighted by molar-refractivity contribution is 5.87. The molecule has 1 rings (SSSR count). The molecule has 0 saturated heterocycles. The lowest BCUT2D eigenvalue weighted by Crippen LogP contribution is -2.49. The Morgan fingerprint density at radius 2 is 2.00 bits per heavy atom. The number of hydrogen-bond acceptors (Lipinski definition) is 2. The van der Waals surface area contributed by atoms with Crippen LogP contribution in [0.4, 0.5) is 5.69 Å². The number of amides is 1. The van der Waals surface area contributed by atoms with Gasteiger partial charge < -0.3 is 11.1 Å². The van der Waals surface area contributed by atoms with Crippen molar-refractivity contribution in [2.75, 3.05) is 5.32 Å². The molecule has 0 saturated carbocycles. The molecular weight excluding hydrogens is 200 g/mol. The van der Waals surface area contributed by atoms with Gasteiger partial charge in [-0.2, -0.15) is 0 Å². The molecule has 88 valence electrons. The second kappa shape index (κ2) is 5.01. The molecule has 0 unspecified atom stereocenters. The maximum Gasteiger partial charge on any atom is 0.243 e. The van der Waals surface area contributed by atoms with Crippen molar-refractivity contribution >= 4 is 11.6 Å². The first kappa shape index (κ1) is 12.6. The Morgan fingerprint density at radius 3 is 2.44 bits per heavy atom. The molecule has 0 aliphatic rings. The Balaban J connectivity index is 2.96. The van der Waals surface area contributed by atoms with Crippen molar-refractivity contribution in [1.29, 1.82) is 0 Å². The van der Waals surface area contributed by atoms with E-state index in [9.17, 15) is 4.79 Å². The van der Waals surface area contributed by atoms with Crippen molar-refractivity contribution in [3.05, 3.63) is 29.8 Å². The van der Waals surface area contributed by atoms with Crippen LogP contribution in [-0.2, 0) is 4.79 Å². The van der Waals surface area contributed by atoms with Gasteiger partial charge in [0.2, 0.25) is 5.91 Å². The third-order valence-corrected chi connectivity index (χ3v) is 3.08. The number of carbonyl (C=O) groups excluding carboxylic acids is 1. The molecule has 3 heteroatoms. The molecule has 1 aromatic carbocycles. The van der Waals surface area contributed by atoms with Gasteiger partial charge in [-0.3, -0.25) is 4.79 Å². The van der Waals surface area contributed by atoms with Crippen LogP contribution in [0.3, 0.4) is 0 Å². The standard InChI is InChI=1S/C13H20N2O/c1-4-13(5-2,12(14)16)15-11-8-6-7-10(3)9-11/h6-9,15H,4-5H2,1-3H3,(H2,14,16). The largest absolute Gasteiger partial charge is 0.371 e. The zero-order valence-corrected chi connectivity index (χ0v) is 10.2. The summed E-state index contributed by atoms with van der Waals surface area (Å²) >= 11 is 0. The topological polar surface area (TPSA) is 55.1 Å². The fraction of sp³-hybridized carbons (Fsp3) is 0.462. The molecule has 0 atom stereocenters. The first-order valence-corrected chi connectivity index (χ1v) is 5.69. The third kappa shape index (κ3) is 2.54. The molecule has 0 aromatic heterocycles. The summed E-state index contributed by atoms with van der Waals surface area (Å²) < 4.78 is 0. The van der Waals surface area contributed by atoms with Crippen molar-refractivity contribution < 1.29 is 4.79 Å². The van der Waals surface area contributed by atoms with Gasteiger partial charge in [0, 0.05) is 5.69 Å². The summed E-state index contributed by atoms with van der Waals surface area (Å²) in [7, 11) is 0. The normalized spacial score (nSPS) is 11.2. The van der Waals surface area contributed by atoms with E-state index >= 15 is 0 Å². The van der Waals surface area contributed by atoms with Crippen LogP contribution >= 0.6 is 0 Å². The smallest absolute Gasteiger partial charge is 0.243 e. The number of nitrogens with one attached hydrogen (secondary N) is 1. The minimum Gasteiger partial charge on any atom is -0.371 e. The Labute approximate surface area is 97.0 Å². The van der Waals surface area contributed by atoms with Gasteiger partial charge in [-0.05, 0) is 37.5 Å². The molecule has 0 bridgehead atoms. The SMILES string of the molecule is CCC(CC)(Nc1cccc(C)c1)C(N)=O. The molecule has 0 radical (unpaired) electrons. The minimum atomic E-state index is -0.631. The Bertz CT molecular complexity index is 370. The van der Waals surface area contributed by atoms with Crippen molar-refractivity contribution in [3.8, 4) is 0 Å². The molecule has 0 aliphatic carbocycles. The summed E-state index contributed by atoms with van der Waals surface area (Å²) in [5, 5.41) is 3.26. The summed E-state index contributed by atoms with van der Waals surface area (Å²) in [4.78, 5) is 11.5. The third-order valence-electron chi connectivity index (χ3n) is 3.08. The lowest BCUT2D eigenvalue weighted by atomic mass is 9.91. The van der Waals surface area contributed by atoms with Gasteiger partial charge in [0.1, 0.15) is 5.54 Å². The Morgan fingerprint density at radius 1 is 1.38 bits per heavy atom. The van der Waals surface area contributed by atoms with Crippen LogP contribution in [0.1, 0.15) is 32.3 Å². The van der Waals surface area contributed by atoms with E-state index in [1.165, 1.54) is 0 Å². The lowest BCUT2D eigenvalue weighted by Gasteiger charge is -2.30. The van der Waals surface area contributed by atoms with Crippen molar-refractivity contribution in [2.24, 2.45) is 5.73 Å². The monoisotopic (exact) mass is 220 g/mol. The zero-order valence-electron chi connectivity index (χ0n) is 10.2. The Kier molecular flexibility index (Phi) is 3.93. The van der Waals surface area contributed by atoms with Crippen LogP contribution < -0.4 is 11.1 Å². The molecule has 3 N–H and O–H groups in total. The van der Waals surface area contributed by atoms with Gasteiger partial charge in [0.15, 0.2) is 0 Å². The van der Waals surface area contributed by atoms with Crippen LogP contribution in [0.15, 0.2) is 24.3 Å². The van der Waals surface area contributed by atoms with Gasteiger partial charge >= 0.3 is 0 Å². The first-order valence-electron chi connectivity index (χ1n) is 5.69. The van der Waals surface area contributed by atoms with Crippen LogP contribution in [0.2, 0.25) is 0 Å². The van der Waals surface area contributed by atoms with Gasteiger partial charge in [0.25, 0.3) is 0 Å². The summed E-state index contributed by atoms with van der Waals surface area (Å²) in [6, 6.07) is 7.96. The average molecular weight is 220 g/mol. The summed E-state index contributed by atoms with van der Waals surface area (Å²) in [5.41, 5.74) is 6.96. The fourth-order valence-corrected chi connectivity index (χ4v) is 1.84. The molecule has 1 aromatic rings. The number of hydrogen-bond donors (Lipinski definition) is 2. The quantitative estimate of drug-likeness (QED) is 0.800. The fourth-order valence-electron chi connectivity index (χ4n) is 1.84. The molecule has 0 fully saturated rings. The zero-order chi connectivity index (χ0) is 12.2. The first-order chi connectivity index (χ1) is 7.54. The average Bonchev–Trinajstić information content (AvgIpc) is 2.25. The minimum absolute atomic E-state index is 0.293. The number of nitrogens with two attached hydrogens (primary N) is 1.